The lowest BCUT2D eigenvalue weighted by atomic mass is 10.0. The number of H-pyrrole nitrogens is 1. The Morgan fingerprint density at radius 3 is 3.19 bits per heavy atom. The Bertz CT molecular complexity index is 620. The molecule has 0 aliphatic carbocycles. The highest BCUT2D eigenvalue weighted by molar-refractivity contribution is 6.06. The molecule has 0 bridgehead atoms. The van der Waals surface area contributed by atoms with Crippen molar-refractivity contribution in [1.82, 2.24) is 9.88 Å². The molecule has 1 N–H and O–H groups in total. The number of carbonyl (C=O) groups excluding carboxylic acids is 1. The van der Waals surface area contributed by atoms with Crippen LogP contribution in [-0.2, 0) is 4.74 Å². The van der Waals surface area contributed by atoms with Crippen molar-refractivity contribution in [3.63, 3.8) is 0 Å². The summed E-state index contributed by atoms with van der Waals surface area (Å²) in [6.07, 6.45) is 5.16. The summed E-state index contributed by atoms with van der Waals surface area (Å²) in [6, 6.07) is 7.81. The molecule has 112 valence electrons. The van der Waals surface area contributed by atoms with Crippen molar-refractivity contribution in [2.45, 2.75) is 32.3 Å². The minimum absolute atomic E-state index is 0.116. The first-order valence-electron chi connectivity index (χ1n) is 7.76. The highest BCUT2D eigenvalue weighted by atomic mass is 16.5. The normalized spacial score (nSPS) is 19.1. The Morgan fingerprint density at radius 2 is 2.33 bits per heavy atom. The van der Waals surface area contributed by atoms with Crippen molar-refractivity contribution < 1.29 is 9.53 Å². The van der Waals surface area contributed by atoms with Crippen LogP contribution >= 0.6 is 0 Å². The third kappa shape index (κ3) is 2.95. The second kappa shape index (κ2) is 6.31. The first-order chi connectivity index (χ1) is 10.3. The van der Waals surface area contributed by atoms with E-state index in [4.69, 9.17) is 4.74 Å². The maximum Gasteiger partial charge on any atom is 0.254 e. The zero-order valence-corrected chi connectivity index (χ0v) is 12.5. The van der Waals surface area contributed by atoms with Crippen LogP contribution in [-0.4, -0.2) is 41.6 Å². The van der Waals surface area contributed by atoms with Gasteiger partial charge in [-0.25, -0.2) is 0 Å². The van der Waals surface area contributed by atoms with Crippen LogP contribution in [0.15, 0.2) is 30.5 Å². The van der Waals surface area contributed by atoms with Gasteiger partial charge in [-0.05, 0) is 37.5 Å². The largest absolute Gasteiger partial charge is 0.376 e. The molecule has 3 rings (SSSR count). The van der Waals surface area contributed by atoms with Gasteiger partial charge in [-0.15, -0.1) is 0 Å². The number of likely N-dealkylation sites (tertiary alicyclic amines) is 1. The van der Waals surface area contributed by atoms with Gasteiger partial charge in [0.15, 0.2) is 0 Å². The molecule has 0 saturated carbocycles. The van der Waals surface area contributed by atoms with Crippen molar-refractivity contribution in [3.05, 3.63) is 36.0 Å². The van der Waals surface area contributed by atoms with E-state index in [2.05, 4.69) is 11.9 Å². The van der Waals surface area contributed by atoms with E-state index in [1.165, 1.54) is 0 Å². The van der Waals surface area contributed by atoms with Crippen LogP contribution in [0, 0.1) is 0 Å². The summed E-state index contributed by atoms with van der Waals surface area (Å²) in [7, 11) is 0. The lowest BCUT2D eigenvalue weighted by Crippen LogP contribution is -2.43. The van der Waals surface area contributed by atoms with Crippen LogP contribution in [0.5, 0.6) is 0 Å². The third-order valence-electron chi connectivity index (χ3n) is 4.05. The van der Waals surface area contributed by atoms with Gasteiger partial charge in [0.1, 0.15) is 0 Å². The van der Waals surface area contributed by atoms with Crippen molar-refractivity contribution in [3.8, 4) is 0 Å². The van der Waals surface area contributed by atoms with Crippen LogP contribution < -0.4 is 0 Å². The monoisotopic (exact) mass is 286 g/mol. The average Bonchev–Trinajstić information content (AvgIpc) is 3.01. The Morgan fingerprint density at radius 1 is 1.43 bits per heavy atom. The first-order valence-corrected chi connectivity index (χ1v) is 7.76. The maximum atomic E-state index is 12.8. The Hall–Kier alpha value is -1.81. The van der Waals surface area contributed by atoms with Gasteiger partial charge in [-0.1, -0.05) is 13.0 Å². The van der Waals surface area contributed by atoms with Gasteiger partial charge < -0.3 is 14.6 Å². The number of aromatic nitrogens is 1. The minimum Gasteiger partial charge on any atom is -0.376 e. The number of carbonyl (C=O) groups is 1. The maximum absolute atomic E-state index is 12.8. The number of aromatic amines is 1. The van der Waals surface area contributed by atoms with Crippen LogP contribution in [0.25, 0.3) is 10.9 Å². The predicted molar refractivity (Wildman–Crippen MR) is 83.5 cm³/mol. The highest BCUT2D eigenvalue weighted by Crippen LogP contribution is 2.22. The number of benzene rings is 1. The number of nitrogens with one attached hydrogen (secondary N) is 1. The fraction of sp³-hybridized carbons (Fsp3) is 0.471. The molecule has 0 radical (unpaired) electrons. The molecule has 1 aliphatic rings. The summed E-state index contributed by atoms with van der Waals surface area (Å²) < 4.78 is 5.82. The number of fused-ring (bicyclic) bond motifs is 1. The molecule has 2 aromatic rings. The van der Waals surface area contributed by atoms with Crippen molar-refractivity contribution in [1.29, 1.82) is 0 Å². The van der Waals surface area contributed by atoms with Crippen LogP contribution in [0.1, 0.15) is 36.5 Å². The molecule has 1 aromatic heterocycles. The van der Waals surface area contributed by atoms with Gasteiger partial charge in [-0.2, -0.15) is 0 Å². The summed E-state index contributed by atoms with van der Waals surface area (Å²) in [5.74, 6) is 0.116. The Labute approximate surface area is 125 Å². The lowest BCUT2D eigenvalue weighted by molar-refractivity contribution is 0.00218. The van der Waals surface area contributed by atoms with Gasteiger partial charge in [0.2, 0.25) is 0 Å². The van der Waals surface area contributed by atoms with Gasteiger partial charge in [0.25, 0.3) is 5.91 Å². The molecule has 1 atom stereocenters. The van der Waals surface area contributed by atoms with Crippen molar-refractivity contribution in [2.75, 3.05) is 19.7 Å². The van der Waals surface area contributed by atoms with E-state index in [1.54, 1.807) is 0 Å². The zero-order valence-electron chi connectivity index (χ0n) is 12.5. The second-order valence-corrected chi connectivity index (χ2v) is 5.63. The third-order valence-corrected chi connectivity index (χ3v) is 4.05. The van der Waals surface area contributed by atoms with E-state index in [0.29, 0.717) is 6.54 Å². The van der Waals surface area contributed by atoms with Gasteiger partial charge in [-0.3, -0.25) is 4.79 Å². The molecule has 1 aromatic carbocycles. The minimum atomic E-state index is 0.116. The van der Waals surface area contributed by atoms with Crippen molar-refractivity contribution >= 4 is 16.8 Å². The average molecular weight is 286 g/mol. The molecule has 0 spiro atoms. The fourth-order valence-corrected chi connectivity index (χ4v) is 2.99. The number of piperidine rings is 1. The lowest BCUT2D eigenvalue weighted by Gasteiger charge is -2.32. The molecule has 21 heavy (non-hydrogen) atoms. The summed E-state index contributed by atoms with van der Waals surface area (Å²) in [5.41, 5.74) is 1.79. The zero-order chi connectivity index (χ0) is 14.7. The number of amides is 1. The van der Waals surface area contributed by atoms with Crippen LogP contribution in [0.3, 0.4) is 0 Å². The van der Waals surface area contributed by atoms with E-state index in [0.717, 1.165) is 48.9 Å². The van der Waals surface area contributed by atoms with E-state index in [-0.39, 0.29) is 12.0 Å². The number of ether oxygens (including phenoxy) is 1. The fourth-order valence-electron chi connectivity index (χ4n) is 2.99. The van der Waals surface area contributed by atoms with Gasteiger partial charge >= 0.3 is 0 Å². The number of hydrogen-bond acceptors (Lipinski definition) is 2. The Kier molecular flexibility index (Phi) is 4.25. The van der Waals surface area contributed by atoms with Gasteiger partial charge in [0, 0.05) is 42.4 Å². The summed E-state index contributed by atoms with van der Waals surface area (Å²) in [5, 5.41) is 0.999. The molecule has 4 heteroatoms. The first kappa shape index (κ1) is 14.1. The molecule has 1 unspecified atom stereocenters. The second-order valence-electron chi connectivity index (χ2n) is 5.63. The molecule has 1 aliphatic heterocycles. The van der Waals surface area contributed by atoms with E-state index >= 15 is 0 Å². The molecule has 1 fully saturated rings. The van der Waals surface area contributed by atoms with E-state index in [9.17, 15) is 4.79 Å². The smallest absolute Gasteiger partial charge is 0.254 e. The van der Waals surface area contributed by atoms with E-state index in [1.807, 2.05) is 35.4 Å². The standard InChI is InChI=1S/C17H22N2O2/c1-2-11-21-13-5-4-10-19(12-13)17(20)15-6-3-7-16-14(15)8-9-18-16/h3,6-9,13,18H,2,4-5,10-12H2,1H3. The highest BCUT2D eigenvalue weighted by Gasteiger charge is 2.25. The SMILES string of the molecule is CCCOC1CCCN(C(=O)c2cccc3[nH]ccc23)C1. The summed E-state index contributed by atoms with van der Waals surface area (Å²) in [4.78, 5) is 17.9. The molecular weight excluding hydrogens is 264 g/mol. The predicted octanol–water partition coefficient (Wildman–Crippen LogP) is 3.20. The summed E-state index contributed by atoms with van der Waals surface area (Å²) in [6.45, 7) is 4.42. The Balaban J connectivity index is 1.76. The van der Waals surface area contributed by atoms with Crippen LogP contribution in [0.4, 0.5) is 0 Å². The molecule has 1 amide bonds. The van der Waals surface area contributed by atoms with Crippen LogP contribution in [0.2, 0.25) is 0 Å². The number of rotatable bonds is 4. The quantitative estimate of drug-likeness (QED) is 0.938. The molecule has 4 nitrogen and oxygen atoms in total. The molecule has 2 heterocycles. The summed E-state index contributed by atoms with van der Waals surface area (Å²) >= 11 is 0. The molecule has 1 saturated heterocycles. The topological polar surface area (TPSA) is 45.3 Å². The number of hydrogen-bond donors (Lipinski definition) is 1. The van der Waals surface area contributed by atoms with Crippen molar-refractivity contribution in [2.24, 2.45) is 0 Å². The number of nitrogens with zero attached hydrogens (tertiary/aromatic N) is 1. The van der Waals surface area contributed by atoms with Gasteiger partial charge in [0.05, 0.1) is 6.10 Å². The van der Waals surface area contributed by atoms with E-state index < -0.39 is 0 Å². The molecular formula is C17H22N2O2.